The van der Waals surface area contributed by atoms with Crippen LogP contribution in [0.5, 0.6) is 0 Å². The normalized spacial score (nSPS) is 9.51. The van der Waals surface area contributed by atoms with Gasteiger partial charge in [0.05, 0.1) is 66.1 Å². The number of rotatable bonds is 38. The second-order valence-electron chi connectivity index (χ2n) is 9.92. The van der Waals surface area contributed by atoms with Crippen molar-refractivity contribution in [2.75, 3.05) is 105 Å². The van der Waals surface area contributed by atoms with Crippen molar-refractivity contribution in [3.05, 3.63) is 76.7 Å². The van der Waals surface area contributed by atoms with E-state index < -0.39 is 0 Å². The van der Waals surface area contributed by atoms with Gasteiger partial charge in [-0.2, -0.15) is 0 Å². The number of unbranched alkanes of at least 4 members (excludes halogenated alkanes) is 1. The van der Waals surface area contributed by atoms with Gasteiger partial charge in [0.15, 0.2) is 0 Å². The molecule has 0 aromatic rings. The van der Waals surface area contributed by atoms with Gasteiger partial charge in [-0.3, -0.25) is 28.8 Å². The number of ether oxygens (including phenoxy) is 5. The first kappa shape index (κ1) is 52.4. The van der Waals surface area contributed by atoms with Crippen LogP contribution in [-0.4, -0.2) is 173 Å². The first-order valence-corrected chi connectivity index (χ1v) is 16.7. The van der Waals surface area contributed by atoms with Crippen LogP contribution < -0.4 is 0 Å². The molecule has 300 valence electrons. The van der Waals surface area contributed by atoms with Crippen molar-refractivity contribution >= 4 is 38.5 Å². The number of nitrogens with zero attached hydrogens (tertiary/aromatic N) is 6. The van der Waals surface area contributed by atoms with Gasteiger partial charge >= 0.3 is 0 Å². The van der Waals surface area contributed by atoms with Crippen molar-refractivity contribution in [1.82, 2.24) is 29.4 Å². The van der Waals surface area contributed by atoms with E-state index in [0.717, 1.165) is 25.7 Å². The molecule has 0 spiro atoms. The third-order valence-corrected chi connectivity index (χ3v) is 6.39. The van der Waals surface area contributed by atoms with Gasteiger partial charge in [-0.05, 0) is 50.0 Å². The van der Waals surface area contributed by atoms with Crippen LogP contribution in [0.2, 0.25) is 0 Å². The van der Waals surface area contributed by atoms with Crippen LogP contribution in [0.4, 0.5) is 0 Å². The lowest BCUT2D eigenvalue weighted by atomic mass is 10.3. The first-order chi connectivity index (χ1) is 25.8. The summed E-state index contributed by atoms with van der Waals surface area (Å²) in [6, 6.07) is 0. The molecule has 0 fully saturated rings. The second kappa shape index (κ2) is 43.2. The minimum absolute atomic E-state index is 0.432. The SMILES string of the molecule is C=CN(C=O)CCCCN(C=C)C=O.C=CN(C=O)CCOCCOCCN(C=C)C=O.C=CN(C=O)CCOCCOCCOCCN(C=C)C=O. The highest BCUT2D eigenvalue weighted by molar-refractivity contribution is 5.50. The molecular weight excluding hydrogens is 692 g/mol. The third kappa shape index (κ3) is 36.6. The van der Waals surface area contributed by atoms with E-state index in [2.05, 4.69) is 39.5 Å². The van der Waals surface area contributed by atoms with Crippen molar-refractivity contribution in [3.63, 3.8) is 0 Å². The average Bonchev–Trinajstić information content (AvgIpc) is 3.20. The predicted octanol–water partition coefficient (Wildman–Crippen LogP) is 1.43. The van der Waals surface area contributed by atoms with Crippen LogP contribution in [0, 0.1) is 0 Å². The Morgan fingerprint density at radius 1 is 0.283 bits per heavy atom. The Balaban J connectivity index is -0.000000722. The van der Waals surface area contributed by atoms with Gasteiger partial charge in [-0.15, -0.1) is 0 Å². The van der Waals surface area contributed by atoms with Crippen molar-refractivity contribution in [1.29, 1.82) is 0 Å². The van der Waals surface area contributed by atoms with Crippen molar-refractivity contribution < 1.29 is 52.5 Å². The van der Waals surface area contributed by atoms with Gasteiger partial charge in [-0.25, -0.2) is 0 Å². The molecule has 0 saturated carbocycles. The summed E-state index contributed by atoms with van der Waals surface area (Å²) in [5.74, 6) is 0. The van der Waals surface area contributed by atoms with E-state index in [1.165, 1.54) is 66.6 Å². The molecule has 0 radical (unpaired) electrons. The molecule has 0 N–H and O–H groups in total. The molecule has 0 unspecified atom stereocenters. The van der Waals surface area contributed by atoms with Gasteiger partial charge in [-0.1, -0.05) is 39.5 Å². The van der Waals surface area contributed by atoms with E-state index in [1.807, 2.05) is 0 Å². The first-order valence-electron chi connectivity index (χ1n) is 16.7. The lowest BCUT2D eigenvalue weighted by molar-refractivity contribution is -0.117. The number of carbonyl (C=O) groups is 6. The summed E-state index contributed by atoms with van der Waals surface area (Å²) in [6.07, 6.45) is 14.7. The van der Waals surface area contributed by atoms with Crippen LogP contribution in [0.25, 0.3) is 0 Å². The zero-order valence-corrected chi connectivity index (χ0v) is 31.1. The van der Waals surface area contributed by atoms with E-state index in [-0.39, 0.29) is 0 Å². The van der Waals surface area contributed by atoms with Crippen LogP contribution in [0.1, 0.15) is 12.8 Å². The fourth-order valence-corrected chi connectivity index (χ4v) is 3.25. The van der Waals surface area contributed by atoms with E-state index in [9.17, 15) is 28.8 Å². The second-order valence-corrected chi connectivity index (χ2v) is 9.92. The summed E-state index contributed by atoms with van der Waals surface area (Å²) in [6.45, 7) is 28.6. The number of hydrogen-bond donors (Lipinski definition) is 0. The Morgan fingerprint density at radius 2 is 0.453 bits per heavy atom. The number of hydrogen-bond acceptors (Lipinski definition) is 11. The Labute approximate surface area is 314 Å². The molecular formula is C36H60N6O11. The fraction of sp³-hybridized carbons (Fsp3) is 0.500. The van der Waals surface area contributed by atoms with Crippen molar-refractivity contribution in [3.8, 4) is 0 Å². The molecule has 0 heterocycles. The highest BCUT2D eigenvalue weighted by Gasteiger charge is 2.00. The lowest BCUT2D eigenvalue weighted by Gasteiger charge is -2.13. The number of carbonyl (C=O) groups excluding carboxylic acids is 6. The Kier molecular flexibility index (Phi) is 42.8. The van der Waals surface area contributed by atoms with Gasteiger partial charge in [0.2, 0.25) is 38.5 Å². The average molecular weight is 753 g/mol. The maximum absolute atomic E-state index is 10.4. The Bertz CT molecular complexity index is 881. The molecule has 17 heteroatoms. The summed E-state index contributed by atoms with van der Waals surface area (Å²) in [5, 5.41) is 0. The summed E-state index contributed by atoms with van der Waals surface area (Å²) in [7, 11) is 0. The standard InChI is InChI=1S/C14H24N2O5.C12H20N2O4.C10H16N2O2/c1-3-15(13-17)5-7-19-9-11-21-12-10-20-8-6-16(4-2)14-18;1-3-13(11-15)5-7-17-9-10-18-8-6-14(4-2)12-16;1-3-11(9-13)7-5-6-8-12(4-2)10-14/h3-4,13-14H,1-2,5-12H2;3-4,11-12H,1-2,5-10H2;3-4,9-10H,1-2,5-8H2. The molecule has 0 bridgehead atoms. The molecule has 0 aliphatic heterocycles. The van der Waals surface area contributed by atoms with Gasteiger partial charge < -0.3 is 53.1 Å². The molecule has 0 aliphatic carbocycles. The van der Waals surface area contributed by atoms with E-state index in [4.69, 9.17) is 23.7 Å². The molecule has 53 heavy (non-hydrogen) atoms. The Morgan fingerprint density at radius 3 is 0.623 bits per heavy atom. The van der Waals surface area contributed by atoms with Crippen molar-refractivity contribution in [2.24, 2.45) is 0 Å². The summed E-state index contributed by atoms with van der Waals surface area (Å²) in [4.78, 5) is 70.9. The predicted molar refractivity (Wildman–Crippen MR) is 201 cm³/mol. The van der Waals surface area contributed by atoms with Crippen LogP contribution in [-0.2, 0) is 52.5 Å². The maximum atomic E-state index is 10.4. The van der Waals surface area contributed by atoms with Gasteiger partial charge in [0.1, 0.15) is 0 Å². The molecule has 0 aromatic heterocycles. The smallest absolute Gasteiger partial charge is 0.213 e. The maximum Gasteiger partial charge on any atom is 0.213 e. The van der Waals surface area contributed by atoms with Gasteiger partial charge in [0.25, 0.3) is 0 Å². The molecule has 0 aliphatic rings. The van der Waals surface area contributed by atoms with Crippen LogP contribution >= 0.6 is 0 Å². The zero-order chi connectivity index (χ0) is 40.2. The van der Waals surface area contributed by atoms with Gasteiger partial charge in [0, 0.05) is 39.3 Å². The third-order valence-electron chi connectivity index (χ3n) is 6.39. The van der Waals surface area contributed by atoms with E-state index in [1.54, 1.807) is 0 Å². The minimum atomic E-state index is 0.432. The van der Waals surface area contributed by atoms with E-state index >= 15 is 0 Å². The molecule has 0 saturated heterocycles. The topological polar surface area (TPSA) is 168 Å². The molecule has 0 rings (SSSR count). The Hall–Kier alpha value is -4.94. The fourth-order valence-electron chi connectivity index (χ4n) is 3.25. The molecule has 0 atom stereocenters. The summed E-state index contributed by atoms with van der Waals surface area (Å²) >= 11 is 0. The lowest BCUT2D eigenvalue weighted by Crippen LogP contribution is -2.22. The van der Waals surface area contributed by atoms with Crippen molar-refractivity contribution in [2.45, 2.75) is 12.8 Å². The van der Waals surface area contributed by atoms with E-state index in [0.29, 0.717) is 131 Å². The highest BCUT2D eigenvalue weighted by atomic mass is 16.5. The minimum Gasteiger partial charge on any atom is -0.377 e. The monoisotopic (exact) mass is 752 g/mol. The number of amides is 6. The molecule has 17 nitrogen and oxygen atoms in total. The summed E-state index contributed by atoms with van der Waals surface area (Å²) in [5.41, 5.74) is 0. The highest BCUT2D eigenvalue weighted by Crippen LogP contribution is 1.96. The van der Waals surface area contributed by atoms with Crippen LogP contribution in [0.15, 0.2) is 76.7 Å². The zero-order valence-electron chi connectivity index (χ0n) is 31.1. The molecule has 0 aromatic carbocycles. The van der Waals surface area contributed by atoms with Crippen LogP contribution in [0.3, 0.4) is 0 Å². The summed E-state index contributed by atoms with van der Waals surface area (Å²) < 4.78 is 26.4. The largest absolute Gasteiger partial charge is 0.377 e. The quantitative estimate of drug-likeness (QED) is 0.0661. The molecule has 6 amide bonds.